The number of hydrogen-bond acceptors (Lipinski definition) is 8. The van der Waals surface area contributed by atoms with Gasteiger partial charge in [-0.3, -0.25) is 9.13 Å². The van der Waals surface area contributed by atoms with E-state index in [-0.39, 0.29) is 50.5 Å². The third-order valence-corrected chi connectivity index (χ3v) is 15.3. The van der Waals surface area contributed by atoms with E-state index < -0.39 is 20.6 Å². The topological polar surface area (TPSA) is 89.5 Å². The molecule has 3 aromatic rings. The van der Waals surface area contributed by atoms with Crippen LogP contribution < -0.4 is 20.1 Å². The number of rotatable bonds is 10. The van der Waals surface area contributed by atoms with Gasteiger partial charge in [0.1, 0.15) is 35.3 Å². The van der Waals surface area contributed by atoms with Gasteiger partial charge in [-0.25, -0.2) is 0 Å². The van der Waals surface area contributed by atoms with Crippen LogP contribution in [0.5, 0.6) is 11.5 Å². The molecule has 0 saturated heterocycles. The van der Waals surface area contributed by atoms with Crippen molar-refractivity contribution in [2.24, 2.45) is 0 Å². The summed E-state index contributed by atoms with van der Waals surface area (Å²) < 4.78 is 66.6. The Bertz CT molecular complexity index is 1770. The summed E-state index contributed by atoms with van der Waals surface area (Å²) in [6.07, 6.45) is 1.62. The Hall–Kier alpha value is -2.44. The highest BCUT2D eigenvalue weighted by Gasteiger charge is 2.58. The maximum Gasteiger partial charge on any atom is 0.365 e. The maximum absolute atomic E-state index is 14.6. The molecule has 0 unspecified atom stereocenters. The average molecular weight is 725 g/mol. The largest absolute Gasteiger partial charge is 0.488 e. The van der Waals surface area contributed by atoms with E-state index in [0.29, 0.717) is 22.1 Å². The SMILES string of the molecule is CCOP(=O)(OCC)c1cc2c3cc1OCc1c(C)cc(C)c(c1C)COc1cc4c(cc1P(=O)(OCC)OCC)C(C)(C)CC34CC2(C)C. The van der Waals surface area contributed by atoms with Crippen LogP contribution in [-0.4, -0.2) is 26.4 Å². The Kier molecular flexibility index (Phi) is 9.85. The van der Waals surface area contributed by atoms with Gasteiger partial charge in [-0.15, -0.1) is 0 Å². The van der Waals surface area contributed by atoms with Crippen LogP contribution in [0.2, 0.25) is 0 Å². The fourth-order valence-corrected chi connectivity index (χ4v) is 12.5. The molecule has 0 atom stereocenters. The summed E-state index contributed by atoms with van der Waals surface area (Å²) in [5.41, 5.74) is 8.77. The summed E-state index contributed by atoms with van der Waals surface area (Å²) in [4.78, 5) is 0. The van der Waals surface area contributed by atoms with Gasteiger partial charge in [0.05, 0.1) is 26.4 Å². The molecule has 0 N–H and O–H groups in total. The first-order valence-corrected chi connectivity index (χ1v) is 21.1. The van der Waals surface area contributed by atoms with Gasteiger partial charge in [0, 0.05) is 5.41 Å². The minimum absolute atomic E-state index is 0.237. The number of aryl methyl sites for hydroxylation is 2. The lowest BCUT2D eigenvalue weighted by Crippen LogP contribution is -2.27. The Morgan fingerprint density at radius 2 is 0.940 bits per heavy atom. The van der Waals surface area contributed by atoms with Crippen molar-refractivity contribution in [1.29, 1.82) is 0 Å². The molecule has 272 valence electrons. The van der Waals surface area contributed by atoms with Crippen LogP contribution in [0.4, 0.5) is 0 Å². The number of hydrogen-bond donors (Lipinski definition) is 0. The Balaban J connectivity index is 1.72. The molecular weight excluding hydrogens is 670 g/mol. The van der Waals surface area contributed by atoms with E-state index in [4.69, 9.17) is 27.6 Å². The molecular formula is C40H54O8P2. The van der Waals surface area contributed by atoms with E-state index in [1.54, 1.807) is 0 Å². The van der Waals surface area contributed by atoms with E-state index in [0.717, 1.165) is 62.9 Å². The van der Waals surface area contributed by atoms with Gasteiger partial charge in [0.2, 0.25) is 0 Å². The molecule has 6 rings (SSSR count). The second-order valence-corrected chi connectivity index (χ2v) is 19.3. The van der Waals surface area contributed by atoms with Gasteiger partial charge < -0.3 is 27.6 Å². The molecule has 0 aromatic heterocycles. The molecule has 3 aliphatic rings. The average Bonchev–Trinajstić information content (AvgIpc) is 3.38. The smallest absolute Gasteiger partial charge is 0.365 e. The van der Waals surface area contributed by atoms with Crippen LogP contribution >= 0.6 is 15.2 Å². The van der Waals surface area contributed by atoms with Crippen LogP contribution in [0.1, 0.15) is 118 Å². The molecule has 0 fully saturated rings. The summed E-state index contributed by atoms with van der Waals surface area (Å²) in [7, 11) is -7.47. The molecule has 10 heteroatoms. The summed E-state index contributed by atoms with van der Waals surface area (Å²) >= 11 is 0. The fraction of sp³-hybridized carbons (Fsp3) is 0.550. The zero-order chi connectivity index (χ0) is 36.4. The first kappa shape index (κ1) is 37.3. The predicted molar refractivity (Wildman–Crippen MR) is 199 cm³/mol. The summed E-state index contributed by atoms with van der Waals surface area (Å²) in [5.74, 6) is 1.03. The van der Waals surface area contributed by atoms with Gasteiger partial charge in [-0.2, -0.15) is 0 Å². The van der Waals surface area contributed by atoms with Crippen LogP contribution in [0.3, 0.4) is 0 Å². The summed E-state index contributed by atoms with van der Waals surface area (Å²) in [5, 5.41) is 0.928. The fourth-order valence-electron chi connectivity index (χ4n) is 9.04. The van der Waals surface area contributed by atoms with Crippen molar-refractivity contribution in [1.82, 2.24) is 0 Å². The van der Waals surface area contributed by atoms with E-state index in [1.807, 2.05) is 39.8 Å². The van der Waals surface area contributed by atoms with Crippen LogP contribution in [0.15, 0.2) is 30.3 Å². The molecule has 0 saturated carbocycles. The molecule has 8 nitrogen and oxygen atoms in total. The van der Waals surface area contributed by atoms with Crippen molar-refractivity contribution in [3.8, 4) is 11.5 Å². The second kappa shape index (κ2) is 13.2. The molecule has 1 heterocycles. The zero-order valence-electron chi connectivity index (χ0n) is 31.7. The number of benzene rings is 3. The Morgan fingerprint density at radius 3 is 1.28 bits per heavy atom. The third-order valence-electron chi connectivity index (χ3n) is 11.0. The monoisotopic (exact) mass is 724 g/mol. The number of ether oxygens (including phenoxy) is 2. The Labute approximate surface area is 298 Å². The van der Waals surface area contributed by atoms with Crippen molar-refractivity contribution < 1.29 is 36.7 Å². The van der Waals surface area contributed by atoms with E-state index in [9.17, 15) is 9.13 Å². The van der Waals surface area contributed by atoms with Crippen molar-refractivity contribution in [3.63, 3.8) is 0 Å². The van der Waals surface area contributed by atoms with Gasteiger partial charge in [-0.1, -0.05) is 33.8 Å². The van der Waals surface area contributed by atoms with E-state index in [1.165, 1.54) is 0 Å². The summed E-state index contributed by atoms with van der Waals surface area (Å²) in [6, 6.07) is 10.4. The van der Waals surface area contributed by atoms with Crippen molar-refractivity contribution in [2.45, 2.75) is 118 Å². The molecule has 6 bridgehead atoms. The normalized spacial score (nSPS) is 18.4. The summed E-state index contributed by atoms with van der Waals surface area (Å²) in [6.45, 7) is 24.1. The van der Waals surface area contributed by atoms with Crippen molar-refractivity contribution in [2.75, 3.05) is 26.4 Å². The molecule has 1 spiro atoms. The lowest BCUT2D eigenvalue weighted by molar-refractivity contribution is 0.227. The lowest BCUT2D eigenvalue weighted by atomic mass is 9.72. The van der Waals surface area contributed by atoms with Gasteiger partial charge in [-0.05, 0) is 146 Å². The number of fused-ring (bicyclic) bond motifs is 4. The van der Waals surface area contributed by atoms with E-state index in [2.05, 4.69) is 66.7 Å². The first-order chi connectivity index (χ1) is 23.5. The van der Waals surface area contributed by atoms with Crippen LogP contribution in [-0.2, 0) is 56.7 Å². The highest BCUT2D eigenvalue weighted by Crippen LogP contribution is 2.65. The molecule has 1 aliphatic heterocycles. The van der Waals surface area contributed by atoms with Crippen molar-refractivity contribution >= 4 is 25.8 Å². The predicted octanol–water partition coefficient (Wildman–Crippen LogP) is 9.51. The standard InChI is InChI=1S/C40H54O8P2/c1-12-45-49(41,46-13-2)36-19-30-32-17-34(36)43-21-28-25(5)16-26(6)29(27(28)7)22-44-35-18-33-31(20-37(35)50(42,47-14-3)48-15-4)39(10,11)24-40(32,33)23-38(30,8)9/h16-20H,12-15,21-24H2,1-11H3. The van der Waals surface area contributed by atoms with Gasteiger partial charge in [0.25, 0.3) is 0 Å². The quantitative estimate of drug-likeness (QED) is 0.191. The Morgan fingerprint density at radius 1 is 0.580 bits per heavy atom. The highest BCUT2D eigenvalue weighted by molar-refractivity contribution is 7.62. The highest BCUT2D eigenvalue weighted by atomic mass is 31.2. The molecule has 3 aromatic carbocycles. The lowest BCUT2D eigenvalue weighted by Gasteiger charge is -2.31. The minimum Gasteiger partial charge on any atom is -0.488 e. The van der Waals surface area contributed by atoms with E-state index >= 15 is 0 Å². The third kappa shape index (κ3) is 5.93. The second-order valence-electron chi connectivity index (χ2n) is 15.3. The van der Waals surface area contributed by atoms with Crippen molar-refractivity contribution in [3.05, 3.63) is 80.4 Å². The molecule has 50 heavy (non-hydrogen) atoms. The van der Waals surface area contributed by atoms with Crippen LogP contribution in [0.25, 0.3) is 0 Å². The molecule has 0 radical (unpaired) electrons. The van der Waals surface area contributed by atoms with Gasteiger partial charge in [0.15, 0.2) is 0 Å². The van der Waals surface area contributed by atoms with Crippen LogP contribution in [0, 0.1) is 20.8 Å². The molecule has 0 amide bonds. The first-order valence-electron chi connectivity index (χ1n) is 18.0. The minimum atomic E-state index is -3.73. The maximum atomic E-state index is 14.6. The van der Waals surface area contributed by atoms with Gasteiger partial charge >= 0.3 is 15.2 Å². The zero-order valence-corrected chi connectivity index (χ0v) is 33.5. The molecule has 2 aliphatic carbocycles.